The summed E-state index contributed by atoms with van der Waals surface area (Å²) in [4.78, 5) is 12.1. The summed E-state index contributed by atoms with van der Waals surface area (Å²) in [6.07, 6.45) is 1.83. The largest absolute Gasteiger partial charge is 0.298 e. The number of hydrogen-bond acceptors (Lipinski definition) is 1. The Hall–Kier alpha value is -2.37. The molecule has 0 radical (unpaired) electrons. The SMILES string of the molecule is CCC(C=O)=P(c1ccccc1)(c1ccccc1)c1ccccc1. The van der Waals surface area contributed by atoms with Gasteiger partial charge in [0.05, 0.1) is 0 Å². The average Bonchev–Trinajstić information content (AvgIpc) is 2.68. The van der Waals surface area contributed by atoms with Gasteiger partial charge in [-0.15, -0.1) is 0 Å². The maximum Gasteiger partial charge on any atom is 0.147 e. The second kappa shape index (κ2) is 7.47. The molecule has 3 aromatic rings. The van der Waals surface area contributed by atoms with Crippen molar-refractivity contribution in [2.24, 2.45) is 0 Å². The van der Waals surface area contributed by atoms with Gasteiger partial charge in [-0.05, 0) is 29.2 Å². The average molecular weight is 332 g/mol. The van der Waals surface area contributed by atoms with E-state index < -0.39 is 6.89 Å². The Morgan fingerprint density at radius 2 is 1.04 bits per heavy atom. The summed E-state index contributed by atoms with van der Waals surface area (Å²) in [5.41, 5.74) is 0. The third kappa shape index (κ3) is 2.77. The Balaban J connectivity index is 2.53. The first kappa shape index (κ1) is 16.5. The number of carbonyl (C=O) groups excluding carboxylic acids is 1. The summed E-state index contributed by atoms with van der Waals surface area (Å²) in [5, 5.41) is 4.66. The fourth-order valence-electron chi connectivity index (χ4n) is 3.30. The van der Waals surface area contributed by atoms with E-state index in [1.54, 1.807) is 0 Å². The van der Waals surface area contributed by atoms with Gasteiger partial charge in [0.1, 0.15) is 6.29 Å². The number of benzene rings is 3. The maximum absolute atomic E-state index is 12.1. The molecule has 0 spiro atoms. The molecule has 0 fully saturated rings. The van der Waals surface area contributed by atoms with Gasteiger partial charge in [0.2, 0.25) is 0 Å². The van der Waals surface area contributed by atoms with Gasteiger partial charge < -0.3 is 0 Å². The van der Waals surface area contributed by atoms with Crippen molar-refractivity contribution in [2.75, 3.05) is 0 Å². The van der Waals surface area contributed by atoms with Gasteiger partial charge in [-0.25, -0.2) is 0 Å². The minimum atomic E-state index is -2.11. The Kier molecular flexibility index (Phi) is 5.13. The molecule has 0 atom stereocenters. The van der Waals surface area contributed by atoms with Crippen molar-refractivity contribution in [2.45, 2.75) is 13.3 Å². The third-order valence-corrected chi connectivity index (χ3v) is 8.86. The van der Waals surface area contributed by atoms with E-state index in [0.29, 0.717) is 0 Å². The molecule has 1 nitrogen and oxygen atoms in total. The van der Waals surface area contributed by atoms with E-state index in [1.165, 1.54) is 15.9 Å². The quantitative estimate of drug-likeness (QED) is 0.514. The van der Waals surface area contributed by atoms with E-state index in [2.05, 4.69) is 79.7 Å². The molecule has 0 aromatic heterocycles. The van der Waals surface area contributed by atoms with Crippen LogP contribution in [0.3, 0.4) is 0 Å². The van der Waals surface area contributed by atoms with Crippen LogP contribution in [-0.4, -0.2) is 11.6 Å². The van der Waals surface area contributed by atoms with Crippen molar-refractivity contribution >= 4 is 34.4 Å². The van der Waals surface area contributed by atoms with Crippen LogP contribution in [0.2, 0.25) is 0 Å². The molecular formula is C22H21OP. The minimum absolute atomic E-state index is 0.746. The summed E-state index contributed by atoms with van der Waals surface area (Å²) < 4.78 is 0. The third-order valence-electron chi connectivity index (χ3n) is 4.36. The van der Waals surface area contributed by atoms with Crippen molar-refractivity contribution in [1.29, 1.82) is 0 Å². The minimum Gasteiger partial charge on any atom is -0.298 e. The van der Waals surface area contributed by atoms with Crippen molar-refractivity contribution in [1.82, 2.24) is 0 Å². The molecule has 24 heavy (non-hydrogen) atoms. The zero-order valence-corrected chi connectivity index (χ0v) is 14.7. The van der Waals surface area contributed by atoms with Crippen molar-refractivity contribution in [3.05, 3.63) is 91.0 Å². The van der Waals surface area contributed by atoms with Crippen molar-refractivity contribution in [3.8, 4) is 0 Å². The number of aldehydes is 1. The van der Waals surface area contributed by atoms with Crippen LogP contribution < -0.4 is 15.9 Å². The number of rotatable bonds is 5. The van der Waals surface area contributed by atoms with Crippen LogP contribution in [0.25, 0.3) is 0 Å². The molecule has 2 heteroatoms. The standard InChI is InChI=1S/C22H21OP/c1-2-19(18-23)24(20-12-6-3-7-13-20,21-14-8-4-9-15-21)22-16-10-5-11-17-22/h3-18H,2H2,1H3. The Bertz CT molecular complexity index is 749. The monoisotopic (exact) mass is 332 g/mol. The normalized spacial score (nSPS) is 11.0. The maximum atomic E-state index is 12.1. The van der Waals surface area contributed by atoms with Crippen LogP contribution in [0.15, 0.2) is 91.0 Å². The molecule has 0 heterocycles. The van der Waals surface area contributed by atoms with Gasteiger partial charge in [0, 0.05) is 5.29 Å². The van der Waals surface area contributed by atoms with E-state index >= 15 is 0 Å². The highest BCUT2D eigenvalue weighted by Crippen LogP contribution is 2.46. The van der Waals surface area contributed by atoms with Crippen LogP contribution >= 0.6 is 6.89 Å². The highest BCUT2D eigenvalue weighted by Gasteiger charge is 2.28. The Morgan fingerprint density at radius 1 is 0.708 bits per heavy atom. The molecule has 0 unspecified atom stereocenters. The van der Waals surface area contributed by atoms with Gasteiger partial charge in [-0.1, -0.05) is 97.9 Å². The number of hydrogen-bond donors (Lipinski definition) is 0. The van der Waals surface area contributed by atoms with Gasteiger partial charge >= 0.3 is 0 Å². The summed E-state index contributed by atoms with van der Waals surface area (Å²) >= 11 is 0. The van der Waals surface area contributed by atoms with Crippen LogP contribution in [0.4, 0.5) is 0 Å². The zero-order valence-electron chi connectivity index (χ0n) is 13.8. The van der Waals surface area contributed by atoms with Gasteiger partial charge in [0.25, 0.3) is 0 Å². The lowest BCUT2D eigenvalue weighted by molar-refractivity contribution is -0.102. The van der Waals surface area contributed by atoms with E-state index in [1.807, 2.05) is 18.2 Å². The predicted molar refractivity (Wildman–Crippen MR) is 107 cm³/mol. The highest BCUT2D eigenvalue weighted by molar-refractivity contribution is 7.96. The van der Waals surface area contributed by atoms with Crippen LogP contribution in [0.5, 0.6) is 0 Å². The molecule has 120 valence electrons. The second-order valence-electron chi connectivity index (χ2n) is 5.64. The van der Waals surface area contributed by atoms with Crippen LogP contribution in [0.1, 0.15) is 13.3 Å². The van der Waals surface area contributed by atoms with Crippen molar-refractivity contribution < 1.29 is 4.79 Å². The van der Waals surface area contributed by atoms with E-state index in [0.717, 1.165) is 18.0 Å². The summed E-state index contributed by atoms with van der Waals surface area (Å²) in [7, 11) is 0. The summed E-state index contributed by atoms with van der Waals surface area (Å²) in [5.74, 6) is 0. The van der Waals surface area contributed by atoms with E-state index in [-0.39, 0.29) is 0 Å². The first-order valence-corrected chi connectivity index (χ1v) is 10.0. The predicted octanol–water partition coefficient (Wildman–Crippen LogP) is 3.76. The summed E-state index contributed by atoms with van der Waals surface area (Å²) in [6.45, 7) is -0.0381. The topological polar surface area (TPSA) is 17.1 Å². The lowest BCUT2D eigenvalue weighted by atomic mass is 10.3. The lowest BCUT2D eigenvalue weighted by Crippen LogP contribution is -2.30. The smallest absolute Gasteiger partial charge is 0.147 e. The zero-order chi connectivity index (χ0) is 16.8. The molecule has 0 bridgehead atoms. The van der Waals surface area contributed by atoms with E-state index in [4.69, 9.17) is 0 Å². The molecule has 0 N–H and O–H groups in total. The molecule has 0 aliphatic heterocycles. The lowest BCUT2D eigenvalue weighted by Gasteiger charge is -2.31. The van der Waals surface area contributed by atoms with E-state index in [9.17, 15) is 4.79 Å². The van der Waals surface area contributed by atoms with Gasteiger partial charge in [0.15, 0.2) is 0 Å². The molecule has 3 rings (SSSR count). The Morgan fingerprint density at radius 3 is 1.29 bits per heavy atom. The molecule has 3 aromatic carbocycles. The molecule has 0 aliphatic carbocycles. The molecule has 0 saturated heterocycles. The first-order chi connectivity index (χ1) is 11.8. The molecule has 0 aliphatic rings. The fourth-order valence-corrected chi connectivity index (χ4v) is 7.68. The fraction of sp³-hybridized carbons (Fsp3) is 0.0909. The van der Waals surface area contributed by atoms with Crippen LogP contribution in [0, 0.1) is 0 Å². The molecular weight excluding hydrogens is 311 g/mol. The molecule has 0 saturated carbocycles. The second-order valence-corrected chi connectivity index (χ2v) is 9.11. The highest BCUT2D eigenvalue weighted by atomic mass is 31.2. The van der Waals surface area contributed by atoms with Crippen LogP contribution in [-0.2, 0) is 4.79 Å². The Labute approximate surface area is 144 Å². The number of carbonyl (C=O) groups is 1. The van der Waals surface area contributed by atoms with Gasteiger partial charge in [-0.2, -0.15) is 0 Å². The first-order valence-electron chi connectivity index (χ1n) is 8.21. The van der Waals surface area contributed by atoms with Crippen molar-refractivity contribution in [3.63, 3.8) is 0 Å². The summed E-state index contributed by atoms with van der Waals surface area (Å²) in [6, 6.07) is 31.4. The van der Waals surface area contributed by atoms with Gasteiger partial charge in [-0.3, -0.25) is 4.79 Å². The molecule has 0 amide bonds.